The second-order valence-electron chi connectivity index (χ2n) is 6.95. The van der Waals surface area contributed by atoms with Crippen molar-refractivity contribution in [2.45, 2.75) is 12.7 Å². The highest BCUT2D eigenvalue weighted by Gasteiger charge is 2.39. The number of rotatable bonds is 5. The van der Waals surface area contributed by atoms with E-state index >= 15 is 0 Å². The number of anilines is 1. The fourth-order valence-electron chi connectivity index (χ4n) is 3.44. The van der Waals surface area contributed by atoms with E-state index in [9.17, 15) is 33.4 Å². The highest BCUT2D eigenvalue weighted by atomic mass is 19.4. The van der Waals surface area contributed by atoms with Gasteiger partial charge in [-0.05, 0) is 17.7 Å². The van der Waals surface area contributed by atoms with Gasteiger partial charge < -0.3 is 4.90 Å². The first-order valence-corrected chi connectivity index (χ1v) is 9.10. The molecule has 3 rings (SSSR count). The topological polar surface area (TPSA) is 117 Å². The van der Waals surface area contributed by atoms with Crippen molar-refractivity contribution in [2.24, 2.45) is 0 Å². The summed E-state index contributed by atoms with van der Waals surface area (Å²) in [6.07, 6.45) is -4.95. The van der Waals surface area contributed by atoms with E-state index < -0.39 is 38.6 Å². The molecule has 9 nitrogen and oxygen atoms in total. The molecule has 1 aliphatic rings. The number of nitro groups is 2. The maximum atomic E-state index is 13.1. The minimum atomic E-state index is -4.95. The van der Waals surface area contributed by atoms with Gasteiger partial charge in [0.2, 0.25) is 0 Å². The summed E-state index contributed by atoms with van der Waals surface area (Å²) in [6.45, 7) is 1.67. The average Bonchev–Trinajstić information content (AvgIpc) is 2.73. The lowest BCUT2D eigenvalue weighted by molar-refractivity contribution is -0.393. The van der Waals surface area contributed by atoms with Gasteiger partial charge in [0.25, 0.3) is 11.4 Å². The lowest BCUT2D eigenvalue weighted by Crippen LogP contribution is -2.46. The van der Waals surface area contributed by atoms with Crippen molar-refractivity contribution < 1.29 is 23.0 Å². The van der Waals surface area contributed by atoms with Gasteiger partial charge in [0.15, 0.2) is 5.69 Å². The zero-order chi connectivity index (χ0) is 22.8. The molecule has 12 heteroatoms. The van der Waals surface area contributed by atoms with E-state index in [0.29, 0.717) is 37.3 Å². The highest BCUT2D eigenvalue weighted by Crippen LogP contribution is 2.43. The van der Waals surface area contributed by atoms with Crippen LogP contribution in [-0.4, -0.2) is 40.9 Å². The molecule has 162 valence electrons. The van der Waals surface area contributed by atoms with Crippen molar-refractivity contribution in [1.82, 2.24) is 4.90 Å². The number of nitriles is 1. The van der Waals surface area contributed by atoms with Crippen LogP contribution >= 0.6 is 0 Å². The van der Waals surface area contributed by atoms with Gasteiger partial charge in [-0.1, -0.05) is 12.1 Å². The number of benzene rings is 2. The summed E-state index contributed by atoms with van der Waals surface area (Å²) in [6, 6.07) is 9.67. The summed E-state index contributed by atoms with van der Waals surface area (Å²) in [4.78, 5) is 24.2. The second kappa shape index (κ2) is 8.57. The third-order valence-electron chi connectivity index (χ3n) is 4.97. The first-order valence-electron chi connectivity index (χ1n) is 9.10. The standard InChI is InChI=1S/C19H16F3N5O4/c20-19(21,22)15-9-16(26(28)29)18(17(10-15)27(30)31)25-7-5-24(6-8-25)12-14-3-1-13(11-23)2-4-14/h1-4,9-10H,5-8,12H2. The van der Waals surface area contributed by atoms with E-state index in [1.807, 2.05) is 11.0 Å². The Kier molecular flexibility index (Phi) is 6.07. The summed E-state index contributed by atoms with van der Waals surface area (Å²) in [5, 5.41) is 31.7. The zero-order valence-electron chi connectivity index (χ0n) is 16.0. The van der Waals surface area contributed by atoms with Crippen LogP contribution in [0.2, 0.25) is 0 Å². The van der Waals surface area contributed by atoms with E-state index in [-0.39, 0.29) is 13.1 Å². The fourth-order valence-corrected chi connectivity index (χ4v) is 3.44. The number of hydrogen-bond acceptors (Lipinski definition) is 7. The quantitative estimate of drug-likeness (QED) is 0.519. The molecule has 2 aromatic carbocycles. The second-order valence-corrected chi connectivity index (χ2v) is 6.95. The van der Waals surface area contributed by atoms with Crippen molar-refractivity contribution in [3.05, 3.63) is 73.3 Å². The van der Waals surface area contributed by atoms with Crippen LogP contribution in [0.4, 0.5) is 30.2 Å². The molecule has 0 atom stereocenters. The first kappa shape index (κ1) is 22.0. The van der Waals surface area contributed by atoms with Gasteiger partial charge in [-0.3, -0.25) is 25.1 Å². The van der Waals surface area contributed by atoms with E-state index in [2.05, 4.69) is 0 Å². The van der Waals surface area contributed by atoms with Crippen LogP contribution in [0.15, 0.2) is 36.4 Å². The number of nitro benzene ring substituents is 2. The lowest BCUT2D eigenvalue weighted by atomic mass is 10.1. The Morgan fingerprint density at radius 3 is 1.90 bits per heavy atom. The maximum Gasteiger partial charge on any atom is 0.416 e. The molecule has 2 aromatic rings. The normalized spacial score (nSPS) is 14.8. The van der Waals surface area contributed by atoms with E-state index in [4.69, 9.17) is 5.26 Å². The Hall–Kier alpha value is -3.72. The van der Waals surface area contributed by atoms with Crippen molar-refractivity contribution in [3.63, 3.8) is 0 Å². The molecular weight excluding hydrogens is 419 g/mol. The van der Waals surface area contributed by atoms with E-state index in [1.54, 1.807) is 24.3 Å². The van der Waals surface area contributed by atoms with Crippen molar-refractivity contribution in [2.75, 3.05) is 31.1 Å². The first-order chi connectivity index (χ1) is 14.6. The molecule has 0 unspecified atom stereocenters. The van der Waals surface area contributed by atoms with E-state index in [1.165, 1.54) is 4.90 Å². The van der Waals surface area contributed by atoms with Gasteiger partial charge in [-0.15, -0.1) is 0 Å². The van der Waals surface area contributed by atoms with Crippen molar-refractivity contribution in [1.29, 1.82) is 5.26 Å². The number of alkyl halides is 3. The molecule has 1 aliphatic heterocycles. The Bertz CT molecular complexity index is 1010. The smallest absolute Gasteiger partial charge is 0.358 e. The molecule has 0 aliphatic carbocycles. The molecule has 1 fully saturated rings. The molecule has 31 heavy (non-hydrogen) atoms. The molecule has 0 spiro atoms. The van der Waals surface area contributed by atoms with E-state index in [0.717, 1.165) is 5.56 Å². The third kappa shape index (κ3) is 4.89. The van der Waals surface area contributed by atoms with Gasteiger partial charge in [0, 0.05) is 44.9 Å². The van der Waals surface area contributed by atoms with Crippen molar-refractivity contribution in [3.8, 4) is 6.07 Å². The predicted molar refractivity (Wildman–Crippen MR) is 103 cm³/mol. The Balaban J connectivity index is 1.84. The summed E-state index contributed by atoms with van der Waals surface area (Å²) >= 11 is 0. The summed E-state index contributed by atoms with van der Waals surface area (Å²) in [5.41, 5.74) is -2.27. The minimum absolute atomic E-state index is 0.170. The SMILES string of the molecule is N#Cc1ccc(CN2CCN(c3c([N+](=O)[O-])cc(C(F)(F)F)cc3[N+](=O)[O-])CC2)cc1. The fraction of sp³-hybridized carbons (Fsp3) is 0.316. The third-order valence-corrected chi connectivity index (χ3v) is 4.97. The number of nitrogens with zero attached hydrogens (tertiary/aromatic N) is 5. The summed E-state index contributed by atoms with van der Waals surface area (Å²) < 4.78 is 39.2. The zero-order valence-corrected chi connectivity index (χ0v) is 16.0. The average molecular weight is 435 g/mol. The van der Waals surface area contributed by atoms with Crippen LogP contribution < -0.4 is 4.90 Å². The Morgan fingerprint density at radius 1 is 0.968 bits per heavy atom. The molecule has 0 saturated carbocycles. The van der Waals surface area contributed by atoms with Gasteiger partial charge in [0.1, 0.15) is 0 Å². The molecule has 1 heterocycles. The molecule has 0 radical (unpaired) electrons. The van der Waals surface area contributed by atoms with Crippen LogP contribution in [-0.2, 0) is 12.7 Å². The summed E-state index contributed by atoms with van der Waals surface area (Å²) in [7, 11) is 0. The molecule has 1 saturated heterocycles. The van der Waals surface area contributed by atoms with Crippen LogP contribution in [0.25, 0.3) is 0 Å². The lowest BCUT2D eigenvalue weighted by Gasteiger charge is -2.35. The molecule has 0 aromatic heterocycles. The van der Waals surface area contributed by atoms with Crippen LogP contribution in [0.1, 0.15) is 16.7 Å². The highest BCUT2D eigenvalue weighted by molar-refractivity contribution is 5.76. The number of halogens is 3. The predicted octanol–water partition coefficient (Wildman–Crippen LogP) is 3.72. The Morgan fingerprint density at radius 2 is 1.48 bits per heavy atom. The Labute approximate surface area is 174 Å². The van der Waals surface area contributed by atoms with Gasteiger partial charge >= 0.3 is 6.18 Å². The van der Waals surface area contributed by atoms with Crippen LogP contribution in [0, 0.1) is 31.6 Å². The van der Waals surface area contributed by atoms with Crippen LogP contribution in [0.3, 0.4) is 0 Å². The minimum Gasteiger partial charge on any atom is -0.358 e. The molecule has 0 N–H and O–H groups in total. The molecule has 0 amide bonds. The number of piperazine rings is 1. The maximum absolute atomic E-state index is 13.1. The van der Waals surface area contributed by atoms with Crippen LogP contribution in [0.5, 0.6) is 0 Å². The largest absolute Gasteiger partial charge is 0.416 e. The molecular formula is C19H16F3N5O4. The molecule has 0 bridgehead atoms. The van der Waals surface area contributed by atoms with Gasteiger partial charge in [-0.2, -0.15) is 18.4 Å². The van der Waals surface area contributed by atoms with Gasteiger partial charge in [0.05, 0.1) is 27.0 Å². The van der Waals surface area contributed by atoms with Crippen molar-refractivity contribution >= 4 is 17.1 Å². The number of hydrogen-bond donors (Lipinski definition) is 0. The van der Waals surface area contributed by atoms with Gasteiger partial charge in [-0.25, -0.2) is 0 Å². The monoisotopic (exact) mass is 435 g/mol. The summed E-state index contributed by atoms with van der Waals surface area (Å²) in [5.74, 6) is 0.